The SMILES string of the molecule is COC(=O)CC1CCc2c1ccc(P(=O)(c1ccccc1)c1ccccc1)c2C. The Morgan fingerprint density at radius 3 is 2.10 bits per heavy atom. The Morgan fingerprint density at radius 1 is 0.966 bits per heavy atom. The van der Waals surface area contributed by atoms with Crippen molar-refractivity contribution in [3.63, 3.8) is 0 Å². The Bertz CT molecular complexity index is 1030. The lowest BCUT2D eigenvalue weighted by atomic mass is 9.96. The molecule has 1 aliphatic carbocycles. The summed E-state index contributed by atoms with van der Waals surface area (Å²) in [6.07, 6.45) is 2.23. The van der Waals surface area contributed by atoms with E-state index in [1.165, 1.54) is 18.2 Å². The van der Waals surface area contributed by atoms with Gasteiger partial charge in [-0.1, -0.05) is 72.8 Å². The van der Waals surface area contributed by atoms with Crippen molar-refractivity contribution in [2.24, 2.45) is 0 Å². The van der Waals surface area contributed by atoms with Crippen LogP contribution in [0.5, 0.6) is 0 Å². The van der Waals surface area contributed by atoms with E-state index >= 15 is 0 Å². The molecule has 29 heavy (non-hydrogen) atoms. The van der Waals surface area contributed by atoms with Crippen LogP contribution in [0.2, 0.25) is 0 Å². The van der Waals surface area contributed by atoms with Gasteiger partial charge in [-0.2, -0.15) is 0 Å². The van der Waals surface area contributed by atoms with Crippen LogP contribution in [0, 0.1) is 6.92 Å². The van der Waals surface area contributed by atoms with Gasteiger partial charge in [0, 0.05) is 15.9 Å². The molecule has 0 aliphatic heterocycles. The van der Waals surface area contributed by atoms with E-state index in [9.17, 15) is 9.36 Å². The molecular formula is C25H25O3P. The van der Waals surface area contributed by atoms with E-state index in [-0.39, 0.29) is 11.9 Å². The summed E-state index contributed by atoms with van der Waals surface area (Å²) in [5.74, 6) is 0.00172. The number of benzene rings is 3. The first kappa shape index (κ1) is 19.7. The molecule has 0 bridgehead atoms. The van der Waals surface area contributed by atoms with Gasteiger partial charge in [-0.25, -0.2) is 0 Å². The summed E-state index contributed by atoms with van der Waals surface area (Å²) < 4.78 is 19.5. The number of rotatable bonds is 5. The van der Waals surface area contributed by atoms with Gasteiger partial charge >= 0.3 is 5.97 Å². The Hall–Kier alpha value is -2.64. The van der Waals surface area contributed by atoms with Crippen LogP contribution in [0.25, 0.3) is 0 Å². The van der Waals surface area contributed by atoms with Gasteiger partial charge in [0.15, 0.2) is 7.14 Å². The van der Waals surface area contributed by atoms with E-state index < -0.39 is 7.14 Å². The van der Waals surface area contributed by atoms with Crippen molar-refractivity contribution in [2.45, 2.75) is 32.1 Å². The maximum atomic E-state index is 14.7. The van der Waals surface area contributed by atoms with Gasteiger partial charge in [-0.3, -0.25) is 4.79 Å². The third-order valence-corrected chi connectivity index (χ3v) is 9.22. The quantitative estimate of drug-likeness (QED) is 0.472. The molecule has 1 aliphatic rings. The molecule has 0 radical (unpaired) electrons. The molecule has 0 spiro atoms. The van der Waals surface area contributed by atoms with E-state index in [1.807, 2.05) is 66.7 Å². The highest BCUT2D eigenvalue weighted by Gasteiger charge is 2.34. The van der Waals surface area contributed by atoms with Gasteiger partial charge in [-0.15, -0.1) is 0 Å². The number of hydrogen-bond acceptors (Lipinski definition) is 3. The lowest BCUT2D eigenvalue weighted by molar-refractivity contribution is -0.141. The molecule has 3 nitrogen and oxygen atoms in total. The molecule has 0 amide bonds. The number of ether oxygens (including phenoxy) is 1. The van der Waals surface area contributed by atoms with Crippen LogP contribution in [0.4, 0.5) is 0 Å². The predicted octanol–water partition coefficient (Wildman–Crippen LogP) is 4.23. The highest BCUT2D eigenvalue weighted by Crippen LogP contribution is 2.46. The third-order valence-electron chi connectivity index (χ3n) is 6.01. The molecule has 3 aromatic rings. The van der Waals surface area contributed by atoms with Crippen LogP contribution < -0.4 is 15.9 Å². The molecule has 3 aromatic carbocycles. The standard InChI is InChI=1S/C25H25O3P/c1-18-22-14-13-19(17-25(26)28-2)23(22)15-16-24(18)29(27,20-9-5-3-6-10-20)21-11-7-4-8-12-21/h3-12,15-16,19H,13-14,17H2,1-2H3. The minimum atomic E-state index is -2.99. The first-order chi connectivity index (χ1) is 14.1. The zero-order chi connectivity index (χ0) is 20.4. The summed E-state index contributed by atoms with van der Waals surface area (Å²) in [4.78, 5) is 11.8. The topological polar surface area (TPSA) is 43.4 Å². The number of hydrogen-bond donors (Lipinski definition) is 0. The van der Waals surface area contributed by atoms with Crippen LogP contribution in [0.1, 0.15) is 35.4 Å². The average Bonchev–Trinajstić information content (AvgIpc) is 3.18. The molecule has 0 N–H and O–H groups in total. The minimum Gasteiger partial charge on any atom is -0.469 e. The van der Waals surface area contributed by atoms with Crippen LogP contribution >= 0.6 is 7.14 Å². The van der Waals surface area contributed by atoms with E-state index in [0.717, 1.165) is 34.3 Å². The fourth-order valence-corrected chi connectivity index (χ4v) is 7.42. The van der Waals surface area contributed by atoms with Crippen molar-refractivity contribution in [3.8, 4) is 0 Å². The summed E-state index contributed by atoms with van der Waals surface area (Å²) >= 11 is 0. The Balaban J connectivity index is 1.86. The van der Waals surface area contributed by atoms with Gasteiger partial charge in [0.2, 0.25) is 0 Å². The molecular weight excluding hydrogens is 379 g/mol. The Morgan fingerprint density at radius 2 is 1.55 bits per heavy atom. The van der Waals surface area contributed by atoms with Crippen LogP contribution in [-0.4, -0.2) is 13.1 Å². The van der Waals surface area contributed by atoms with Crippen molar-refractivity contribution >= 4 is 29.0 Å². The summed E-state index contributed by atoms with van der Waals surface area (Å²) in [5.41, 5.74) is 3.53. The van der Waals surface area contributed by atoms with Crippen molar-refractivity contribution in [1.82, 2.24) is 0 Å². The molecule has 1 unspecified atom stereocenters. The highest BCUT2D eigenvalue weighted by molar-refractivity contribution is 7.85. The molecule has 1 atom stereocenters. The normalized spacial score (nSPS) is 15.7. The number of carbonyl (C=O) groups excluding carboxylic acids is 1. The average molecular weight is 404 g/mol. The lowest BCUT2D eigenvalue weighted by Gasteiger charge is -2.23. The second-order valence-electron chi connectivity index (χ2n) is 7.57. The monoisotopic (exact) mass is 404 g/mol. The number of methoxy groups -OCH3 is 1. The van der Waals surface area contributed by atoms with Crippen molar-refractivity contribution in [2.75, 3.05) is 7.11 Å². The van der Waals surface area contributed by atoms with E-state index in [2.05, 4.69) is 13.0 Å². The smallest absolute Gasteiger partial charge is 0.306 e. The molecule has 148 valence electrons. The van der Waals surface area contributed by atoms with Crippen molar-refractivity contribution in [3.05, 3.63) is 89.5 Å². The van der Waals surface area contributed by atoms with Gasteiger partial charge in [0.05, 0.1) is 13.5 Å². The summed E-state index contributed by atoms with van der Waals surface area (Å²) in [6, 6.07) is 23.6. The van der Waals surface area contributed by atoms with Gasteiger partial charge in [0.25, 0.3) is 0 Å². The van der Waals surface area contributed by atoms with E-state index in [0.29, 0.717) is 6.42 Å². The Kier molecular flexibility index (Phi) is 5.43. The fourth-order valence-electron chi connectivity index (χ4n) is 4.49. The van der Waals surface area contributed by atoms with Crippen LogP contribution in [0.15, 0.2) is 72.8 Å². The third kappa shape index (κ3) is 3.45. The molecule has 0 aromatic heterocycles. The highest BCUT2D eigenvalue weighted by atomic mass is 31.2. The molecule has 4 heteroatoms. The molecule has 0 saturated heterocycles. The van der Waals surface area contributed by atoms with Crippen molar-refractivity contribution < 1.29 is 14.1 Å². The summed E-state index contributed by atoms with van der Waals surface area (Å²) in [6.45, 7) is 2.08. The lowest BCUT2D eigenvalue weighted by Crippen LogP contribution is -2.27. The summed E-state index contributed by atoms with van der Waals surface area (Å²) in [7, 11) is -1.56. The first-order valence-corrected chi connectivity index (χ1v) is 11.7. The minimum absolute atomic E-state index is 0.177. The predicted molar refractivity (Wildman–Crippen MR) is 118 cm³/mol. The van der Waals surface area contributed by atoms with Gasteiger partial charge in [0.1, 0.15) is 0 Å². The summed E-state index contributed by atoms with van der Waals surface area (Å²) in [5, 5.41) is 2.59. The number of esters is 1. The van der Waals surface area contributed by atoms with Gasteiger partial charge < -0.3 is 9.30 Å². The molecule has 0 heterocycles. The zero-order valence-electron chi connectivity index (χ0n) is 16.8. The number of carbonyl (C=O) groups is 1. The Labute approximate surface area is 172 Å². The van der Waals surface area contributed by atoms with E-state index in [1.54, 1.807) is 0 Å². The molecule has 0 fully saturated rings. The number of fused-ring (bicyclic) bond motifs is 1. The zero-order valence-corrected chi connectivity index (χ0v) is 17.7. The van der Waals surface area contributed by atoms with Crippen molar-refractivity contribution in [1.29, 1.82) is 0 Å². The first-order valence-electron chi connectivity index (χ1n) is 9.96. The second kappa shape index (κ2) is 8.00. The van der Waals surface area contributed by atoms with Crippen LogP contribution in [-0.2, 0) is 20.5 Å². The van der Waals surface area contributed by atoms with E-state index in [4.69, 9.17) is 4.74 Å². The molecule has 0 saturated carbocycles. The second-order valence-corrected chi connectivity index (χ2v) is 10.3. The fraction of sp³-hybridized carbons (Fsp3) is 0.240. The van der Waals surface area contributed by atoms with Crippen LogP contribution in [0.3, 0.4) is 0 Å². The largest absolute Gasteiger partial charge is 0.469 e. The maximum absolute atomic E-state index is 14.7. The molecule has 4 rings (SSSR count). The van der Waals surface area contributed by atoms with Gasteiger partial charge in [-0.05, 0) is 42.4 Å². The maximum Gasteiger partial charge on any atom is 0.306 e.